The number of amides is 1. The number of hydrogen-bond donors (Lipinski definition) is 2. The molecule has 0 fully saturated rings. The predicted molar refractivity (Wildman–Crippen MR) is 49.4 cm³/mol. The lowest BCUT2D eigenvalue weighted by molar-refractivity contribution is -0.123. The van der Waals surface area contributed by atoms with Crippen molar-refractivity contribution in [2.75, 3.05) is 5.32 Å². The van der Waals surface area contributed by atoms with Gasteiger partial charge in [-0.2, -0.15) is 0 Å². The lowest BCUT2D eigenvalue weighted by Crippen LogP contribution is -2.11. The van der Waals surface area contributed by atoms with Crippen LogP contribution in [0.3, 0.4) is 0 Å². The summed E-state index contributed by atoms with van der Waals surface area (Å²) in [7, 11) is 0. The minimum Gasteiger partial charge on any atom is -0.378 e. The monoisotopic (exact) mass is 177 g/mol. The van der Waals surface area contributed by atoms with Crippen LogP contribution in [0.15, 0.2) is 18.2 Å². The standard InChI is InChI=1S/C10H11NO2/c1-2-6-4-3-5-7-8(6)9(12)10(13)11-7/h3-5,9,12H,2H2,1H3,(H,11,13)/t9-/m0/s1. The molecule has 2 rings (SSSR count). The van der Waals surface area contributed by atoms with Gasteiger partial charge in [0.05, 0.1) is 0 Å². The largest absolute Gasteiger partial charge is 0.378 e. The average Bonchev–Trinajstić information content (AvgIpc) is 2.43. The third kappa shape index (κ3) is 1.12. The van der Waals surface area contributed by atoms with Gasteiger partial charge >= 0.3 is 0 Å². The van der Waals surface area contributed by atoms with E-state index in [1.54, 1.807) is 0 Å². The van der Waals surface area contributed by atoms with Gasteiger partial charge in [0, 0.05) is 11.3 Å². The van der Waals surface area contributed by atoms with Crippen LogP contribution in [0.1, 0.15) is 24.2 Å². The fourth-order valence-corrected chi connectivity index (χ4v) is 1.69. The van der Waals surface area contributed by atoms with E-state index in [1.165, 1.54) is 0 Å². The maximum atomic E-state index is 11.1. The molecule has 1 aliphatic heterocycles. The van der Waals surface area contributed by atoms with Crippen LogP contribution in [0.4, 0.5) is 5.69 Å². The van der Waals surface area contributed by atoms with Crippen LogP contribution < -0.4 is 5.32 Å². The Bertz CT molecular complexity index is 360. The van der Waals surface area contributed by atoms with Gasteiger partial charge in [-0.25, -0.2) is 0 Å². The Kier molecular flexibility index (Phi) is 1.81. The van der Waals surface area contributed by atoms with Crippen molar-refractivity contribution < 1.29 is 9.90 Å². The lowest BCUT2D eigenvalue weighted by Gasteiger charge is -2.06. The molecule has 0 unspecified atom stereocenters. The Hall–Kier alpha value is -1.35. The molecule has 0 bridgehead atoms. The molecule has 13 heavy (non-hydrogen) atoms. The molecule has 0 aliphatic carbocycles. The van der Waals surface area contributed by atoms with E-state index in [0.717, 1.165) is 23.2 Å². The van der Waals surface area contributed by atoms with Gasteiger partial charge < -0.3 is 10.4 Å². The van der Waals surface area contributed by atoms with Crippen molar-refractivity contribution in [1.29, 1.82) is 0 Å². The number of benzene rings is 1. The van der Waals surface area contributed by atoms with Gasteiger partial charge in [-0.3, -0.25) is 4.79 Å². The van der Waals surface area contributed by atoms with Gasteiger partial charge in [0.2, 0.25) is 0 Å². The molecule has 1 amide bonds. The van der Waals surface area contributed by atoms with E-state index >= 15 is 0 Å². The molecule has 1 atom stereocenters. The van der Waals surface area contributed by atoms with Gasteiger partial charge in [0.15, 0.2) is 6.10 Å². The Morgan fingerprint density at radius 2 is 2.31 bits per heavy atom. The van der Waals surface area contributed by atoms with Crippen molar-refractivity contribution in [3.63, 3.8) is 0 Å². The second-order valence-electron chi connectivity index (χ2n) is 3.12. The van der Waals surface area contributed by atoms with Crippen molar-refractivity contribution >= 4 is 11.6 Å². The first kappa shape index (κ1) is 8.26. The Labute approximate surface area is 76.4 Å². The molecule has 0 saturated carbocycles. The summed E-state index contributed by atoms with van der Waals surface area (Å²) in [6.45, 7) is 2.01. The highest BCUT2D eigenvalue weighted by molar-refractivity contribution is 6.02. The van der Waals surface area contributed by atoms with Gasteiger partial charge in [-0.05, 0) is 18.1 Å². The average molecular weight is 177 g/mol. The molecular formula is C10H11NO2. The van der Waals surface area contributed by atoms with E-state index in [-0.39, 0.29) is 5.91 Å². The van der Waals surface area contributed by atoms with Crippen molar-refractivity contribution in [1.82, 2.24) is 0 Å². The number of rotatable bonds is 1. The summed E-state index contributed by atoms with van der Waals surface area (Å²) in [5.74, 6) is -0.323. The molecule has 1 heterocycles. The fourth-order valence-electron chi connectivity index (χ4n) is 1.69. The van der Waals surface area contributed by atoms with Gasteiger partial charge in [-0.1, -0.05) is 19.1 Å². The highest BCUT2D eigenvalue weighted by Crippen LogP contribution is 2.33. The first-order valence-electron chi connectivity index (χ1n) is 4.34. The summed E-state index contributed by atoms with van der Waals surface area (Å²) in [6.07, 6.45) is -0.152. The minimum atomic E-state index is -0.980. The van der Waals surface area contributed by atoms with E-state index < -0.39 is 6.10 Å². The number of nitrogens with one attached hydrogen (secondary N) is 1. The molecule has 0 radical (unpaired) electrons. The molecule has 0 aromatic heterocycles. The first-order chi connectivity index (χ1) is 6.24. The van der Waals surface area contributed by atoms with Crippen LogP contribution in [0.5, 0.6) is 0 Å². The number of aliphatic hydroxyl groups excluding tert-OH is 1. The Morgan fingerprint density at radius 1 is 1.54 bits per heavy atom. The zero-order valence-corrected chi connectivity index (χ0v) is 7.37. The highest BCUT2D eigenvalue weighted by Gasteiger charge is 2.29. The number of fused-ring (bicyclic) bond motifs is 1. The number of aryl methyl sites for hydroxylation is 1. The number of aliphatic hydroxyl groups is 1. The molecule has 3 nitrogen and oxygen atoms in total. The van der Waals surface area contributed by atoms with Gasteiger partial charge in [0.1, 0.15) is 0 Å². The number of hydrogen-bond acceptors (Lipinski definition) is 2. The van der Waals surface area contributed by atoms with E-state index in [4.69, 9.17) is 0 Å². The van der Waals surface area contributed by atoms with E-state index in [1.807, 2.05) is 25.1 Å². The van der Waals surface area contributed by atoms with Crippen LogP contribution in [0.2, 0.25) is 0 Å². The molecule has 1 aliphatic rings. The summed E-state index contributed by atoms with van der Waals surface area (Å²) >= 11 is 0. The number of carbonyl (C=O) groups is 1. The van der Waals surface area contributed by atoms with Crippen molar-refractivity contribution in [3.8, 4) is 0 Å². The first-order valence-corrected chi connectivity index (χ1v) is 4.34. The zero-order chi connectivity index (χ0) is 9.42. The second-order valence-corrected chi connectivity index (χ2v) is 3.12. The fraction of sp³-hybridized carbons (Fsp3) is 0.300. The molecule has 68 valence electrons. The molecule has 1 aromatic rings. The van der Waals surface area contributed by atoms with E-state index in [2.05, 4.69) is 5.32 Å². The molecule has 3 heteroatoms. The topological polar surface area (TPSA) is 49.3 Å². The predicted octanol–water partition coefficient (Wildman–Crippen LogP) is 1.23. The minimum absolute atomic E-state index is 0.323. The Balaban J connectivity index is 2.57. The van der Waals surface area contributed by atoms with Crippen molar-refractivity contribution in [2.45, 2.75) is 19.4 Å². The smallest absolute Gasteiger partial charge is 0.257 e. The summed E-state index contributed by atoms with van der Waals surface area (Å²) < 4.78 is 0. The van der Waals surface area contributed by atoms with Crippen molar-refractivity contribution in [3.05, 3.63) is 29.3 Å². The second kappa shape index (κ2) is 2.85. The van der Waals surface area contributed by atoms with Crippen molar-refractivity contribution in [2.24, 2.45) is 0 Å². The quantitative estimate of drug-likeness (QED) is 0.678. The normalized spacial score (nSPS) is 19.8. The molecule has 2 N–H and O–H groups in total. The van der Waals surface area contributed by atoms with Crippen LogP contribution in [0.25, 0.3) is 0 Å². The number of carbonyl (C=O) groups excluding carboxylic acids is 1. The molecule has 0 saturated heterocycles. The zero-order valence-electron chi connectivity index (χ0n) is 7.37. The van der Waals surface area contributed by atoms with E-state index in [9.17, 15) is 9.90 Å². The highest BCUT2D eigenvalue weighted by atomic mass is 16.3. The summed E-state index contributed by atoms with van der Waals surface area (Å²) in [4.78, 5) is 11.1. The van der Waals surface area contributed by atoms with Gasteiger partial charge in [0.25, 0.3) is 5.91 Å². The molecule has 1 aromatic carbocycles. The van der Waals surface area contributed by atoms with Gasteiger partial charge in [-0.15, -0.1) is 0 Å². The summed E-state index contributed by atoms with van der Waals surface area (Å²) in [5, 5.41) is 12.2. The molecule has 0 spiro atoms. The third-order valence-corrected chi connectivity index (χ3v) is 2.36. The van der Waals surface area contributed by atoms with Crippen LogP contribution in [-0.2, 0) is 11.2 Å². The summed E-state index contributed by atoms with van der Waals surface area (Å²) in [5.41, 5.74) is 2.52. The Morgan fingerprint density at radius 3 is 3.00 bits per heavy atom. The third-order valence-electron chi connectivity index (χ3n) is 2.36. The van der Waals surface area contributed by atoms with Crippen LogP contribution in [0, 0.1) is 0 Å². The summed E-state index contributed by atoms with van der Waals surface area (Å²) in [6, 6.07) is 5.63. The van der Waals surface area contributed by atoms with Crippen LogP contribution >= 0.6 is 0 Å². The molecular weight excluding hydrogens is 166 g/mol. The maximum absolute atomic E-state index is 11.1. The van der Waals surface area contributed by atoms with E-state index in [0.29, 0.717) is 0 Å². The SMILES string of the molecule is CCc1cccc2c1[C@H](O)C(=O)N2. The number of anilines is 1. The lowest BCUT2D eigenvalue weighted by atomic mass is 10.0. The maximum Gasteiger partial charge on any atom is 0.257 e. The van der Waals surface area contributed by atoms with Crippen LogP contribution in [-0.4, -0.2) is 11.0 Å².